The maximum absolute atomic E-state index is 12.6. The molecule has 4 rings (SSSR count). The smallest absolute Gasteiger partial charge is 0.251 e. The summed E-state index contributed by atoms with van der Waals surface area (Å²) in [5, 5.41) is 2.93. The molecule has 28 heavy (non-hydrogen) atoms. The number of amides is 1. The van der Waals surface area contributed by atoms with Crippen LogP contribution < -0.4 is 5.32 Å². The molecule has 1 aliphatic rings. The zero-order chi connectivity index (χ0) is 19.7. The number of benzene rings is 2. The van der Waals surface area contributed by atoms with Crippen molar-refractivity contribution in [2.75, 3.05) is 0 Å². The van der Waals surface area contributed by atoms with E-state index in [4.69, 9.17) is 4.99 Å². The summed E-state index contributed by atoms with van der Waals surface area (Å²) in [4.78, 5) is 24.0. The van der Waals surface area contributed by atoms with E-state index in [1.807, 2.05) is 43.3 Å². The predicted molar refractivity (Wildman–Crippen MR) is 114 cm³/mol. The second kappa shape index (κ2) is 7.60. The molecule has 4 nitrogen and oxygen atoms in total. The highest BCUT2D eigenvalue weighted by molar-refractivity contribution is 7.99. The van der Waals surface area contributed by atoms with Gasteiger partial charge in [0.1, 0.15) is 0 Å². The molecule has 0 unspecified atom stereocenters. The topological polar surface area (TPSA) is 54.4 Å². The number of hydrogen-bond acceptors (Lipinski definition) is 4. The van der Waals surface area contributed by atoms with Gasteiger partial charge in [0.2, 0.25) is 0 Å². The summed E-state index contributed by atoms with van der Waals surface area (Å²) in [7, 11) is 0. The molecule has 0 saturated carbocycles. The molecule has 140 valence electrons. The summed E-state index contributed by atoms with van der Waals surface area (Å²) in [5.41, 5.74) is 6.90. The molecule has 1 N–H and O–H groups in total. The van der Waals surface area contributed by atoms with Gasteiger partial charge in [-0.1, -0.05) is 30.0 Å². The number of pyridine rings is 1. The first-order valence-electron chi connectivity index (χ1n) is 9.19. The lowest BCUT2D eigenvalue weighted by Crippen LogP contribution is -2.23. The van der Waals surface area contributed by atoms with Gasteiger partial charge < -0.3 is 5.32 Å². The van der Waals surface area contributed by atoms with Crippen molar-refractivity contribution in [2.45, 2.75) is 37.1 Å². The van der Waals surface area contributed by atoms with Gasteiger partial charge in [0.05, 0.1) is 17.9 Å². The van der Waals surface area contributed by atoms with Crippen molar-refractivity contribution in [1.29, 1.82) is 0 Å². The average Bonchev–Trinajstić information content (AvgIpc) is 2.85. The molecular weight excluding hydrogens is 366 g/mol. The van der Waals surface area contributed by atoms with Gasteiger partial charge in [0.15, 0.2) is 0 Å². The first-order valence-corrected chi connectivity index (χ1v) is 10.0. The minimum absolute atomic E-state index is 0.125. The van der Waals surface area contributed by atoms with Crippen LogP contribution in [0.3, 0.4) is 0 Å². The Morgan fingerprint density at radius 2 is 1.86 bits per heavy atom. The highest BCUT2D eigenvalue weighted by Gasteiger charge is 2.20. The number of rotatable bonds is 3. The summed E-state index contributed by atoms with van der Waals surface area (Å²) in [5.74, 6) is -0.125. The molecule has 0 radical (unpaired) electrons. The molecule has 0 spiro atoms. The summed E-state index contributed by atoms with van der Waals surface area (Å²) in [6, 6.07) is 15.7. The van der Waals surface area contributed by atoms with Crippen LogP contribution in [0.25, 0.3) is 0 Å². The number of nitrogens with one attached hydrogen (secondary N) is 1. The standard InChI is InChI=1S/C23H21N3OS/c1-14-7-8-15(2)22-21(14)16(3)26-19-12-17(9-10-20(19)28-22)23(27)25-13-18-6-4-5-11-24-18/h4-12H,13H2,1-3H3,(H,25,27). The minimum Gasteiger partial charge on any atom is -0.346 e. The number of aliphatic imine (C=N–C) groups is 1. The molecule has 0 saturated heterocycles. The second-order valence-corrected chi connectivity index (χ2v) is 7.94. The fourth-order valence-electron chi connectivity index (χ4n) is 3.32. The molecule has 0 fully saturated rings. The largest absolute Gasteiger partial charge is 0.346 e. The molecule has 1 aliphatic heterocycles. The van der Waals surface area contributed by atoms with E-state index in [1.54, 1.807) is 18.0 Å². The summed E-state index contributed by atoms with van der Waals surface area (Å²) in [6.45, 7) is 6.68. The van der Waals surface area contributed by atoms with Gasteiger partial charge in [0.25, 0.3) is 5.91 Å². The zero-order valence-electron chi connectivity index (χ0n) is 16.1. The molecule has 0 aliphatic carbocycles. The van der Waals surface area contributed by atoms with Crippen molar-refractivity contribution < 1.29 is 4.79 Å². The number of carbonyl (C=O) groups is 1. The van der Waals surface area contributed by atoms with Crippen molar-refractivity contribution in [2.24, 2.45) is 4.99 Å². The lowest BCUT2D eigenvalue weighted by molar-refractivity contribution is 0.0950. The lowest BCUT2D eigenvalue weighted by atomic mass is 10.0. The van der Waals surface area contributed by atoms with E-state index in [2.05, 4.69) is 36.3 Å². The highest BCUT2D eigenvalue weighted by Crippen LogP contribution is 2.43. The van der Waals surface area contributed by atoms with Gasteiger partial charge in [-0.05, 0) is 62.2 Å². The van der Waals surface area contributed by atoms with Crippen molar-refractivity contribution >= 4 is 29.1 Å². The Labute approximate surface area is 169 Å². The summed E-state index contributed by atoms with van der Waals surface area (Å²) < 4.78 is 0. The quantitative estimate of drug-likeness (QED) is 0.669. The van der Waals surface area contributed by atoms with E-state index in [9.17, 15) is 4.79 Å². The Morgan fingerprint density at radius 1 is 1.04 bits per heavy atom. The van der Waals surface area contributed by atoms with Gasteiger partial charge >= 0.3 is 0 Å². The van der Waals surface area contributed by atoms with Crippen molar-refractivity contribution in [1.82, 2.24) is 10.3 Å². The van der Waals surface area contributed by atoms with E-state index in [0.717, 1.165) is 22.0 Å². The Balaban J connectivity index is 1.63. The Kier molecular flexibility index (Phi) is 5.01. The fraction of sp³-hybridized carbons (Fsp3) is 0.174. The molecule has 0 bridgehead atoms. The molecule has 5 heteroatoms. The van der Waals surface area contributed by atoms with Gasteiger partial charge in [-0.2, -0.15) is 0 Å². The van der Waals surface area contributed by atoms with Crippen molar-refractivity contribution in [3.63, 3.8) is 0 Å². The maximum atomic E-state index is 12.6. The molecule has 0 atom stereocenters. The van der Waals surface area contributed by atoms with Gasteiger partial charge in [-0.3, -0.25) is 14.8 Å². The predicted octanol–water partition coefficient (Wildman–Crippen LogP) is 5.23. The van der Waals surface area contributed by atoms with Crippen LogP contribution in [0, 0.1) is 13.8 Å². The van der Waals surface area contributed by atoms with Crippen LogP contribution in [0.2, 0.25) is 0 Å². The Morgan fingerprint density at radius 3 is 2.64 bits per heavy atom. The number of aromatic nitrogens is 1. The average molecular weight is 388 g/mol. The molecule has 3 aromatic rings. The number of aryl methyl sites for hydroxylation is 2. The van der Waals surface area contributed by atoms with Crippen molar-refractivity contribution in [3.8, 4) is 0 Å². The third-order valence-electron chi connectivity index (χ3n) is 4.80. The van der Waals surface area contributed by atoms with Gasteiger partial charge in [-0.15, -0.1) is 0 Å². The van der Waals surface area contributed by atoms with Crippen LogP contribution >= 0.6 is 11.8 Å². The molecule has 1 aromatic heterocycles. The van der Waals surface area contributed by atoms with Crippen LogP contribution in [0.15, 0.2) is 69.5 Å². The third kappa shape index (κ3) is 3.58. The van der Waals surface area contributed by atoms with Crippen LogP contribution in [-0.4, -0.2) is 16.6 Å². The minimum atomic E-state index is -0.125. The van der Waals surface area contributed by atoms with Gasteiger partial charge in [-0.25, -0.2) is 0 Å². The van der Waals surface area contributed by atoms with Crippen molar-refractivity contribution in [3.05, 3.63) is 82.7 Å². The Hall–Kier alpha value is -2.92. The number of carbonyl (C=O) groups excluding carboxylic acids is 1. The van der Waals surface area contributed by atoms with E-state index in [0.29, 0.717) is 12.1 Å². The van der Waals surface area contributed by atoms with E-state index < -0.39 is 0 Å². The highest BCUT2D eigenvalue weighted by atomic mass is 32.2. The lowest BCUT2D eigenvalue weighted by Gasteiger charge is -2.12. The molecular formula is C23H21N3OS. The fourth-order valence-corrected chi connectivity index (χ4v) is 4.53. The number of nitrogens with zero attached hydrogens (tertiary/aromatic N) is 2. The Bertz CT molecular complexity index is 1090. The van der Waals surface area contributed by atoms with E-state index in [1.165, 1.54) is 21.6 Å². The SMILES string of the molecule is CC1=Nc2cc(C(=O)NCc3ccccn3)ccc2Sc2c(C)ccc(C)c21. The maximum Gasteiger partial charge on any atom is 0.251 e. The first kappa shape index (κ1) is 18.4. The van der Waals surface area contributed by atoms with Crippen LogP contribution in [0.4, 0.5) is 5.69 Å². The van der Waals surface area contributed by atoms with Crippen LogP contribution in [0.5, 0.6) is 0 Å². The third-order valence-corrected chi connectivity index (χ3v) is 6.10. The number of hydrogen-bond donors (Lipinski definition) is 1. The summed E-state index contributed by atoms with van der Waals surface area (Å²) in [6.07, 6.45) is 1.72. The van der Waals surface area contributed by atoms with E-state index >= 15 is 0 Å². The molecule has 2 heterocycles. The van der Waals surface area contributed by atoms with E-state index in [-0.39, 0.29) is 5.91 Å². The van der Waals surface area contributed by atoms with Gasteiger partial charge in [0, 0.05) is 32.8 Å². The molecule has 2 aromatic carbocycles. The second-order valence-electron chi connectivity index (χ2n) is 6.89. The molecule has 1 amide bonds. The number of fused-ring (bicyclic) bond motifs is 2. The first-order chi connectivity index (χ1) is 13.5. The van der Waals surface area contributed by atoms with Crippen LogP contribution in [-0.2, 0) is 6.54 Å². The normalized spacial score (nSPS) is 12.5. The summed E-state index contributed by atoms with van der Waals surface area (Å²) >= 11 is 1.72. The zero-order valence-corrected chi connectivity index (χ0v) is 16.9. The monoisotopic (exact) mass is 387 g/mol. The van der Waals surface area contributed by atoms with Crippen LogP contribution in [0.1, 0.15) is 39.7 Å².